The summed E-state index contributed by atoms with van der Waals surface area (Å²) in [6, 6.07) is 12.7. The quantitative estimate of drug-likeness (QED) is 0.519. The molecule has 0 bridgehead atoms. The minimum atomic E-state index is 0.0151. The fourth-order valence-corrected chi connectivity index (χ4v) is 4.37. The molecule has 0 spiro atoms. The molecule has 2 aromatic carbocycles. The van der Waals surface area contributed by atoms with Crippen LogP contribution >= 0.6 is 15.9 Å². The summed E-state index contributed by atoms with van der Waals surface area (Å²) in [5.74, 6) is 0.840. The first-order valence-corrected chi connectivity index (χ1v) is 12.2. The van der Waals surface area contributed by atoms with Crippen molar-refractivity contribution >= 4 is 27.6 Å². The minimum absolute atomic E-state index is 0.0151. The van der Waals surface area contributed by atoms with Crippen LogP contribution < -0.4 is 15.0 Å². The van der Waals surface area contributed by atoms with E-state index in [1.165, 1.54) is 22.4 Å². The fraction of sp³-hybridized carbons (Fsp3) is 0.500. The number of rotatable bonds is 6. The third-order valence-corrected chi connectivity index (χ3v) is 6.76. The summed E-state index contributed by atoms with van der Waals surface area (Å²) in [4.78, 5) is 16.8. The highest BCUT2D eigenvalue weighted by Gasteiger charge is 2.22. The Bertz CT molecular complexity index is 931. The van der Waals surface area contributed by atoms with E-state index in [-0.39, 0.29) is 11.4 Å². The number of anilines is 1. The van der Waals surface area contributed by atoms with E-state index < -0.39 is 0 Å². The average Bonchev–Trinajstić information content (AvgIpc) is 2.75. The first-order chi connectivity index (χ1) is 15.2. The molecule has 6 heteroatoms. The molecular formula is C26H36BrN3O2. The number of aryl methyl sites for hydroxylation is 1. The van der Waals surface area contributed by atoms with Gasteiger partial charge in [-0.2, -0.15) is 0 Å². The van der Waals surface area contributed by atoms with Crippen LogP contribution in [0.25, 0.3) is 0 Å². The van der Waals surface area contributed by atoms with Gasteiger partial charge in [-0.3, -0.25) is 0 Å². The average molecular weight is 502 g/mol. The maximum absolute atomic E-state index is 12.5. The molecule has 1 aliphatic heterocycles. The summed E-state index contributed by atoms with van der Waals surface area (Å²) in [6.07, 6.45) is 0.766. The molecule has 0 aliphatic carbocycles. The number of amides is 2. The Morgan fingerprint density at radius 1 is 1.09 bits per heavy atom. The first kappa shape index (κ1) is 24.4. The molecule has 1 saturated heterocycles. The highest BCUT2D eigenvalue weighted by molar-refractivity contribution is 9.10. The van der Waals surface area contributed by atoms with Crippen molar-refractivity contribution in [2.45, 2.75) is 46.5 Å². The highest BCUT2D eigenvalue weighted by Crippen LogP contribution is 2.31. The van der Waals surface area contributed by atoms with Gasteiger partial charge in [0, 0.05) is 38.4 Å². The lowest BCUT2D eigenvalue weighted by Gasteiger charge is -2.37. The normalized spacial score (nSPS) is 14.4. The van der Waals surface area contributed by atoms with Crippen LogP contribution in [0.15, 0.2) is 40.9 Å². The van der Waals surface area contributed by atoms with Gasteiger partial charge < -0.3 is 19.9 Å². The zero-order chi connectivity index (χ0) is 23.3. The van der Waals surface area contributed by atoms with Crippen molar-refractivity contribution in [2.75, 3.05) is 44.2 Å². The molecule has 3 rings (SSSR count). The van der Waals surface area contributed by atoms with Crippen molar-refractivity contribution < 1.29 is 9.53 Å². The molecule has 2 amide bonds. The van der Waals surface area contributed by atoms with Crippen LogP contribution in [-0.4, -0.2) is 50.3 Å². The summed E-state index contributed by atoms with van der Waals surface area (Å²) >= 11 is 3.61. The predicted octanol–water partition coefficient (Wildman–Crippen LogP) is 5.66. The number of piperazine rings is 1. The van der Waals surface area contributed by atoms with Gasteiger partial charge >= 0.3 is 6.03 Å². The summed E-state index contributed by atoms with van der Waals surface area (Å²) < 4.78 is 6.87. The van der Waals surface area contributed by atoms with Crippen molar-refractivity contribution in [3.8, 4) is 5.75 Å². The maximum atomic E-state index is 12.5. The van der Waals surface area contributed by atoms with E-state index in [1.807, 2.05) is 11.0 Å². The zero-order valence-electron chi connectivity index (χ0n) is 20.0. The van der Waals surface area contributed by atoms with Crippen molar-refractivity contribution in [1.29, 1.82) is 0 Å². The zero-order valence-corrected chi connectivity index (χ0v) is 21.6. The molecule has 1 fully saturated rings. The van der Waals surface area contributed by atoms with Crippen molar-refractivity contribution in [3.63, 3.8) is 0 Å². The van der Waals surface area contributed by atoms with Crippen LogP contribution in [-0.2, 0) is 5.41 Å². The third kappa shape index (κ3) is 6.18. The topological polar surface area (TPSA) is 44.8 Å². The molecule has 2 aromatic rings. The first-order valence-electron chi connectivity index (χ1n) is 11.4. The molecule has 174 valence electrons. The maximum Gasteiger partial charge on any atom is 0.317 e. The Morgan fingerprint density at radius 2 is 1.81 bits per heavy atom. The van der Waals surface area contributed by atoms with Crippen molar-refractivity contribution in [3.05, 3.63) is 57.6 Å². The number of hydrogen-bond acceptors (Lipinski definition) is 3. The number of urea groups is 1. The molecule has 0 saturated carbocycles. The highest BCUT2D eigenvalue weighted by atomic mass is 79.9. The van der Waals surface area contributed by atoms with Gasteiger partial charge in [0.05, 0.1) is 11.1 Å². The van der Waals surface area contributed by atoms with E-state index in [2.05, 4.69) is 91.1 Å². The molecule has 0 atom stereocenters. The summed E-state index contributed by atoms with van der Waals surface area (Å²) in [7, 11) is 0. The van der Waals surface area contributed by atoms with Crippen LogP contribution in [0.2, 0.25) is 0 Å². The Hall–Kier alpha value is -2.21. The number of ether oxygens (including phenoxy) is 1. The lowest BCUT2D eigenvalue weighted by atomic mass is 9.87. The lowest BCUT2D eigenvalue weighted by Crippen LogP contribution is -2.52. The van der Waals surface area contributed by atoms with Crippen molar-refractivity contribution in [1.82, 2.24) is 10.2 Å². The van der Waals surface area contributed by atoms with Gasteiger partial charge in [-0.05, 0) is 76.5 Å². The number of benzene rings is 2. The summed E-state index contributed by atoms with van der Waals surface area (Å²) in [5, 5.41) is 3.03. The molecular weight excluding hydrogens is 466 g/mol. The van der Waals surface area contributed by atoms with E-state index in [9.17, 15) is 4.79 Å². The predicted molar refractivity (Wildman–Crippen MR) is 136 cm³/mol. The Balaban J connectivity index is 1.38. The van der Waals surface area contributed by atoms with Crippen LogP contribution in [0.4, 0.5) is 10.5 Å². The Labute approximate surface area is 201 Å². The van der Waals surface area contributed by atoms with Gasteiger partial charge in [0.15, 0.2) is 0 Å². The minimum Gasteiger partial charge on any atom is -0.492 e. The SMILES string of the molecule is Cc1cccc(N2CCN(C(=O)NCCCOc3ccc(C(C)(C)C)cc3Br)CC2)c1C. The molecule has 0 radical (unpaired) electrons. The second kappa shape index (κ2) is 10.6. The second-order valence-corrected chi connectivity index (χ2v) is 10.4. The van der Waals surface area contributed by atoms with Gasteiger partial charge in [-0.15, -0.1) is 0 Å². The summed E-state index contributed by atoms with van der Waals surface area (Å²) in [5.41, 5.74) is 5.29. The molecule has 1 N–H and O–H groups in total. The number of carbonyl (C=O) groups is 1. The van der Waals surface area contributed by atoms with Crippen LogP contribution in [0, 0.1) is 13.8 Å². The van der Waals surface area contributed by atoms with Gasteiger partial charge in [-0.1, -0.05) is 39.0 Å². The lowest BCUT2D eigenvalue weighted by molar-refractivity contribution is 0.193. The van der Waals surface area contributed by atoms with Gasteiger partial charge in [0.25, 0.3) is 0 Å². The van der Waals surface area contributed by atoms with E-state index in [1.54, 1.807) is 0 Å². The van der Waals surface area contributed by atoms with Crippen LogP contribution in [0.3, 0.4) is 0 Å². The number of halogens is 1. The van der Waals surface area contributed by atoms with Gasteiger partial charge in [0.2, 0.25) is 0 Å². The fourth-order valence-electron chi connectivity index (χ4n) is 3.87. The van der Waals surface area contributed by atoms with Crippen molar-refractivity contribution in [2.24, 2.45) is 0 Å². The molecule has 1 aliphatic rings. The standard InChI is InChI=1S/C26H36BrN3O2/c1-19-8-6-9-23(20(19)2)29-13-15-30(16-14-29)25(31)28-12-7-17-32-24-11-10-21(18-22(24)27)26(3,4)5/h6,8-11,18H,7,12-17H2,1-5H3,(H,28,31). The number of carbonyl (C=O) groups excluding carboxylic acids is 1. The summed E-state index contributed by atoms with van der Waals surface area (Å²) in [6.45, 7) is 15.3. The third-order valence-electron chi connectivity index (χ3n) is 6.14. The van der Waals surface area contributed by atoms with Crippen LogP contribution in [0.5, 0.6) is 5.75 Å². The molecule has 1 heterocycles. The van der Waals surface area contributed by atoms with E-state index in [4.69, 9.17) is 4.74 Å². The molecule has 32 heavy (non-hydrogen) atoms. The van der Waals surface area contributed by atoms with E-state index in [0.717, 1.165) is 42.8 Å². The number of nitrogens with one attached hydrogen (secondary N) is 1. The molecule has 0 unspecified atom stereocenters. The second-order valence-electron chi connectivity index (χ2n) is 9.52. The van der Waals surface area contributed by atoms with Gasteiger partial charge in [-0.25, -0.2) is 4.79 Å². The largest absolute Gasteiger partial charge is 0.492 e. The Kier molecular flexibility index (Phi) is 8.10. The monoisotopic (exact) mass is 501 g/mol. The van der Waals surface area contributed by atoms with E-state index >= 15 is 0 Å². The molecule has 0 aromatic heterocycles. The van der Waals surface area contributed by atoms with Gasteiger partial charge in [0.1, 0.15) is 5.75 Å². The molecule has 5 nitrogen and oxygen atoms in total. The Morgan fingerprint density at radius 3 is 2.47 bits per heavy atom. The number of nitrogens with zero attached hydrogens (tertiary/aromatic N) is 2. The van der Waals surface area contributed by atoms with Crippen LogP contribution in [0.1, 0.15) is 43.9 Å². The van der Waals surface area contributed by atoms with E-state index in [0.29, 0.717) is 13.2 Å². The smallest absolute Gasteiger partial charge is 0.317 e. The number of hydrogen-bond donors (Lipinski definition) is 1.